The molecule has 4 N–H and O–H groups in total. The Hall–Kier alpha value is -4.51. The van der Waals surface area contributed by atoms with Crippen LogP contribution in [0.3, 0.4) is 0 Å². The van der Waals surface area contributed by atoms with E-state index >= 15 is 0 Å². The molecule has 5 rings (SSSR count). The molecule has 0 atom stereocenters. The molecule has 39 heavy (non-hydrogen) atoms. The first-order chi connectivity index (χ1) is 18.9. The summed E-state index contributed by atoms with van der Waals surface area (Å²) in [6, 6.07) is 13.2. The number of nitrogens with two attached hydrogens (primary N) is 1. The van der Waals surface area contributed by atoms with E-state index in [4.69, 9.17) is 20.6 Å². The van der Waals surface area contributed by atoms with Crippen molar-refractivity contribution in [1.82, 2.24) is 24.6 Å². The summed E-state index contributed by atoms with van der Waals surface area (Å²) in [5.41, 5.74) is 9.82. The van der Waals surface area contributed by atoms with Gasteiger partial charge >= 0.3 is 0 Å². The van der Waals surface area contributed by atoms with E-state index in [1.54, 1.807) is 11.1 Å². The number of amides is 2. The Labute approximate surface area is 224 Å². The normalized spacial score (nSPS) is 14.0. The van der Waals surface area contributed by atoms with Crippen LogP contribution < -0.4 is 15.8 Å². The zero-order chi connectivity index (χ0) is 27.5. The van der Waals surface area contributed by atoms with Crippen molar-refractivity contribution < 1.29 is 23.8 Å². The minimum atomic E-state index is -0.519. The summed E-state index contributed by atoms with van der Waals surface area (Å²) in [7, 11) is 1.43. The van der Waals surface area contributed by atoms with Crippen molar-refractivity contribution >= 4 is 23.3 Å². The number of methoxy groups -OCH3 is 1. The number of ether oxygens (including phenoxy) is 1. The number of imidazole rings is 1. The van der Waals surface area contributed by atoms with E-state index in [9.17, 15) is 14.0 Å². The van der Waals surface area contributed by atoms with Gasteiger partial charge in [0.15, 0.2) is 0 Å². The fourth-order valence-corrected chi connectivity index (χ4v) is 4.99. The number of likely N-dealkylation sites (tertiary alicyclic amines) is 1. The van der Waals surface area contributed by atoms with Crippen LogP contribution in [-0.4, -0.2) is 63.0 Å². The molecule has 10 nitrogen and oxygen atoms in total. The van der Waals surface area contributed by atoms with Gasteiger partial charge in [0.05, 0.1) is 23.9 Å². The molecule has 0 radical (unpaired) electrons. The Morgan fingerprint density at radius 1 is 1.15 bits per heavy atom. The Balaban J connectivity index is 1.35. The number of nitrogens with zero attached hydrogens (tertiary/aromatic N) is 4. The Morgan fingerprint density at radius 3 is 2.59 bits per heavy atom. The monoisotopic (exact) mass is 532 g/mol. The molecular formula is C28H29FN6O4. The van der Waals surface area contributed by atoms with Gasteiger partial charge in [-0.05, 0) is 42.7 Å². The predicted molar refractivity (Wildman–Crippen MR) is 143 cm³/mol. The van der Waals surface area contributed by atoms with Crippen LogP contribution in [0.5, 0.6) is 5.75 Å². The maximum absolute atomic E-state index is 13.7. The summed E-state index contributed by atoms with van der Waals surface area (Å²) in [6.07, 6.45) is 3.12. The number of rotatable bonds is 7. The van der Waals surface area contributed by atoms with Gasteiger partial charge in [-0.2, -0.15) is 0 Å². The lowest BCUT2D eigenvalue weighted by Crippen LogP contribution is -2.39. The van der Waals surface area contributed by atoms with Gasteiger partial charge in [-0.1, -0.05) is 24.3 Å². The smallest absolute Gasteiger partial charge is 0.255 e. The lowest BCUT2D eigenvalue weighted by Gasteiger charge is -2.31. The van der Waals surface area contributed by atoms with Crippen LogP contribution in [-0.2, 0) is 11.3 Å². The van der Waals surface area contributed by atoms with Crippen molar-refractivity contribution in [3.8, 4) is 17.1 Å². The number of carbonyl (C=O) groups excluding carboxylic acids is 2. The number of aromatic nitrogens is 3. The van der Waals surface area contributed by atoms with Crippen LogP contribution in [0.1, 0.15) is 40.4 Å². The summed E-state index contributed by atoms with van der Waals surface area (Å²) in [4.78, 5) is 35.4. The number of nitrogen functional groups attached to an aromatic ring is 1. The van der Waals surface area contributed by atoms with E-state index < -0.39 is 18.3 Å². The second-order valence-electron chi connectivity index (χ2n) is 9.38. The SMILES string of the molecule is COc1ccc(F)cc1C(=O)NCc1ccc(-c2nc(C3CCN(C(=O)CO)CC3)c3ccnc(N)n23)cc1. The van der Waals surface area contributed by atoms with Gasteiger partial charge in [0.25, 0.3) is 5.91 Å². The number of nitrogens with one attached hydrogen (secondary N) is 1. The summed E-state index contributed by atoms with van der Waals surface area (Å²) in [5.74, 6) is 0.174. The molecule has 1 aliphatic rings. The number of fused-ring (bicyclic) bond motifs is 1. The van der Waals surface area contributed by atoms with Crippen LogP contribution >= 0.6 is 0 Å². The van der Waals surface area contributed by atoms with Gasteiger partial charge in [0.1, 0.15) is 24.0 Å². The number of hydrogen-bond acceptors (Lipinski definition) is 7. The first kappa shape index (κ1) is 26.1. The highest BCUT2D eigenvalue weighted by Crippen LogP contribution is 2.34. The molecule has 1 saturated heterocycles. The lowest BCUT2D eigenvalue weighted by atomic mass is 9.93. The summed E-state index contributed by atoms with van der Waals surface area (Å²) < 4.78 is 20.7. The molecule has 202 valence electrons. The van der Waals surface area contributed by atoms with Gasteiger partial charge in [0.2, 0.25) is 11.9 Å². The molecule has 2 aromatic carbocycles. The van der Waals surface area contributed by atoms with E-state index in [0.717, 1.165) is 41.2 Å². The van der Waals surface area contributed by atoms with Gasteiger partial charge in [-0.3, -0.25) is 14.0 Å². The standard InChI is InChI=1S/C28H29FN6O4/c1-39-23-7-6-20(29)14-21(23)27(38)32-15-17-2-4-19(5-3-17)26-33-25(22-8-11-31-28(30)35(22)26)18-9-12-34(13-10-18)24(37)16-36/h2-8,11,14,18,36H,9-10,12-13,15-16H2,1H3,(H2,30,31)(H,32,38). The summed E-state index contributed by atoms with van der Waals surface area (Å²) in [5, 5.41) is 12.0. The fourth-order valence-electron chi connectivity index (χ4n) is 4.99. The average molecular weight is 533 g/mol. The molecule has 0 saturated carbocycles. The number of halogens is 1. The first-order valence-electron chi connectivity index (χ1n) is 12.6. The molecule has 1 aliphatic heterocycles. The van der Waals surface area contributed by atoms with Gasteiger partial charge in [-0.25, -0.2) is 14.4 Å². The average Bonchev–Trinajstić information content (AvgIpc) is 3.37. The number of hydrogen-bond donors (Lipinski definition) is 3. The Bertz CT molecular complexity index is 1510. The summed E-state index contributed by atoms with van der Waals surface area (Å²) in [6.45, 7) is 0.867. The van der Waals surface area contributed by atoms with Gasteiger partial charge in [-0.15, -0.1) is 0 Å². The topological polar surface area (TPSA) is 135 Å². The minimum absolute atomic E-state index is 0.125. The minimum Gasteiger partial charge on any atom is -0.496 e. The van der Waals surface area contributed by atoms with Crippen LogP contribution in [0, 0.1) is 5.82 Å². The van der Waals surface area contributed by atoms with Crippen LogP contribution in [0.4, 0.5) is 10.3 Å². The van der Waals surface area contributed by atoms with Crippen LogP contribution in [0.15, 0.2) is 54.7 Å². The van der Waals surface area contributed by atoms with Crippen LogP contribution in [0.2, 0.25) is 0 Å². The number of anilines is 1. The maximum Gasteiger partial charge on any atom is 0.255 e. The predicted octanol–water partition coefficient (Wildman–Crippen LogP) is 2.75. The number of piperidine rings is 1. The van der Waals surface area contributed by atoms with E-state index in [1.165, 1.54) is 19.2 Å². The Kier molecular flexibility index (Phi) is 7.42. The zero-order valence-electron chi connectivity index (χ0n) is 21.4. The number of benzene rings is 2. The molecule has 0 unspecified atom stereocenters. The molecule has 2 amide bonds. The molecule has 0 bridgehead atoms. The highest BCUT2D eigenvalue weighted by Gasteiger charge is 2.28. The van der Waals surface area contributed by atoms with Crippen molar-refractivity contribution in [2.24, 2.45) is 0 Å². The molecule has 1 fully saturated rings. The quantitative estimate of drug-likeness (QED) is 0.333. The Morgan fingerprint density at radius 2 is 1.90 bits per heavy atom. The van der Waals surface area contributed by atoms with E-state index in [-0.39, 0.29) is 23.9 Å². The van der Waals surface area contributed by atoms with Crippen molar-refractivity contribution in [3.63, 3.8) is 0 Å². The molecule has 2 aromatic heterocycles. The zero-order valence-corrected chi connectivity index (χ0v) is 21.4. The number of aliphatic hydroxyl groups excluding tert-OH is 1. The largest absolute Gasteiger partial charge is 0.496 e. The summed E-state index contributed by atoms with van der Waals surface area (Å²) >= 11 is 0. The maximum atomic E-state index is 13.7. The van der Waals surface area contributed by atoms with Crippen molar-refractivity contribution in [2.45, 2.75) is 25.3 Å². The molecule has 11 heteroatoms. The number of carbonyl (C=O) groups is 2. The van der Waals surface area contributed by atoms with E-state index in [0.29, 0.717) is 30.6 Å². The molecular weight excluding hydrogens is 503 g/mol. The third-order valence-electron chi connectivity index (χ3n) is 7.05. The third-order valence-corrected chi connectivity index (χ3v) is 7.05. The molecule has 0 spiro atoms. The van der Waals surface area contributed by atoms with Gasteiger partial charge < -0.3 is 25.8 Å². The first-order valence-corrected chi connectivity index (χ1v) is 12.6. The second-order valence-corrected chi connectivity index (χ2v) is 9.38. The van der Waals surface area contributed by atoms with E-state index in [2.05, 4.69) is 10.3 Å². The van der Waals surface area contributed by atoms with Crippen molar-refractivity contribution in [3.05, 3.63) is 77.4 Å². The molecule has 0 aliphatic carbocycles. The van der Waals surface area contributed by atoms with E-state index in [1.807, 2.05) is 34.7 Å². The second kappa shape index (κ2) is 11.1. The van der Waals surface area contributed by atoms with Crippen LogP contribution in [0.25, 0.3) is 16.9 Å². The molecule has 3 heterocycles. The van der Waals surface area contributed by atoms with Gasteiger partial charge in [0, 0.05) is 37.3 Å². The lowest BCUT2D eigenvalue weighted by molar-refractivity contribution is -0.135. The fraction of sp³-hybridized carbons (Fsp3) is 0.286. The van der Waals surface area contributed by atoms with Crippen molar-refractivity contribution in [2.75, 3.05) is 32.5 Å². The highest BCUT2D eigenvalue weighted by molar-refractivity contribution is 5.96. The number of aliphatic hydroxyl groups is 1. The van der Waals surface area contributed by atoms with Crippen molar-refractivity contribution in [1.29, 1.82) is 0 Å². The third kappa shape index (κ3) is 5.26. The highest BCUT2D eigenvalue weighted by atomic mass is 19.1. The molecule has 4 aromatic rings.